The molecule has 0 saturated heterocycles. The zero-order valence-electron chi connectivity index (χ0n) is 12.1. The monoisotopic (exact) mass is 251 g/mol. The van der Waals surface area contributed by atoms with Crippen molar-refractivity contribution < 1.29 is 0 Å². The first kappa shape index (κ1) is 14.7. The van der Waals surface area contributed by atoms with Gasteiger partial charge >= 0.3 is 0 Å². The molecule has 0 amide bonds. The van der Waals surface area contributed by atoms with Gasteiger partial charge in [-0.3, -0.25) is 0 Å². The third-order valence-electron chi connectivity index (χ3n) is 3.21. The molecule has 0 aromatic carbocycles. The number of anilines is 2. The second-order valence-electron chi connectivity index (χ2n) is 4.60. The minimum Gasteiger partial charge on any atom is -0.373 e. The molecule has 1 aromatic rings. The number of hydrogen-bond donors (Lipinski definition) is 2. The maximum absolute atomic E-state index is 4.36. The highest BCUT2D eigenvalue weighted by atomic mass is 15.1. The Balaban J connectivity index is 2.46. The summed E-state index contributed by atoms with van der Waals surface area (Å²) in [5, 5.41) is 6.37. The lowest BCUT2D eigenvalue weighted by Crippen LogP contribution is -2.32. The molecule has 0 fully saturated rings. The van der Waals surface area contributed by atoms with Gasteiger partial charge in [-0.05, 0) is 27.3 Å². The summed E-state index contributed by atoms with van der Waals surface area (Å²) in [6.45, 7) is 8.25. The van der Waals surface area contributed by atoms with Crippen molar-refractivity contribution in [1.82, 2.24) is 14.9 Å². The van der Waals surface area contributed by atoms with E-state index in [1.165, 1.54) is 6.42 Å². The van der Waals surface area contributed by atoms with E-state index in [0.717, 1.165) is 30.5 Å². The molecule has 1 aromatic heterocycles. The smallest absolute Gasteiger partial charge is 0.131 e. The largest absolute Gasteiger partial charge is 0.373 e. The second kappa shape index (κ2) is 7.16. The molecule has 1 heterocycles. The van der Waals surface area contributed by atoms with Crippen LogP contribution >= 0.6 is 0 Å². The van der Waals surface area contributed by atoms with Crippen LogP contribution in [0.2, 0.25) is 0 Å². The highest BCUT2D eigenvalue weighted by molar-refractivity contribution is 5.47. The molecule has 0 saturated carbocycles. The summed E-state index contributed by atoms with van der Waals surface area (Å²) in [5.41, 5.74) is 0. The topological polar surface area (TPSA) is 53.1 Å². The van der Waals surface area contributed by atoms with Crippen LogP contribution in [0.15, 0.2) is 6.07 Å². The van der Waals surface area contributed by atoms with Gasteiger partial charge in [-0.15, -0.1) is 0 Å². The zero-order valence-corrected chi connectivity index (χ0v) is 12.1. The van der Waals surface area contributed by atoms with Crippen molar-refractivity contribution >= 4 is 11.6 Å². The molecule has 1 rings (SSSR count). The van der Waals surface area contributed by atoms with Crippen LogP contribution < -0.4 is 10.6 Å². The Hall–Kier alpha value is -1.36. The average Bonchev–Trinajstić information content (AvgIpc) is 2.36. The predicted molar refractivity (Wildman–Crippen MR) is 77.2 cm³/mol. The van der Waals surface area contributed by atoms with Gasteiger partial charge in [0.2, 0.25) is 0 Å². The summed E-state index contributed by atoms with van der Waals surface area (Å²) in [6.07, 6.45) is 1.17. The van der Waals surface area contributed by atoms with E-state index in [1.54, 1.807) is 0 Å². The maximum Gasteiger partial charge on any atom is 0.131 e. The molecule has 18 heavy (non-hydrogen) atoms. The maximum atomic E-state index is 4.36. The number of aryl methyl sites for hydroxylation is 1. The molecule has 0 aliphatic heterocycles. The Morgan fingerprint density at radius 1 is 1.33 bits per heavy atom. The van der Waals surface area contributed by atoms with Crippen LogP contribution in [0.1, 0.15) is 26.1 Å². The minimum atomic E-state index is 0.617. The first-order valence-electron chi connectivity index (χ1n) is 6.54. The Morgan fingerprint density at radius 2 is 2.00 bits per heavy atom. The lowest BCUT2D eigenvalue weighted by molar-refractivity contribution is 0.261. The average molecular weight is 251 g/mol. The van der Waals surface area contributed by atoms with Crippen LogP contribution in [0.25, 0.3) is 0 Å². The third kappa shape index (κ3) is 4.49. The Kier molecular flexibility index (Phi) is 5.85. The van der Waals surface area contributed by atoms with Gasteiger partial charge in [-0.25, -0.2) is 9.97 Å². The molecule has 0 aliphatic carbocycles. The van der Waals surface area contributed by atoms with Gasteiger partial charge in [0.1, 0.15) is 17.5 Å². The van der Waals surface area contributed by atoms with E-state index in [-0.39, 0.29) is 0 Å². The Morgan fingerprint density at radius 3 is 2.61 bits per heavy atom. The van der Waals surface area contributed by atoms with Crippen LogP contribution in [0.3, 0.4) is 0 Å². The fraction of sp³-hybridized carbons (Fsp3) is 0.692. The number of nitrogens with zero attached hydrogens (tertiary/aromatic N) is 3. The molecule has 1 unspecified atom stereocenters. The SMILES string of the molecule is CCC(C)N(C)CCNc1cc(NC)nc(C)n1. The second-order valence-corrected chi connectivity index (χ2v) is 4.60. The van der Waals surface area contributed by atoms with Crippen LogP contribution in [0, 0.1) is 6.92 Å². The predicted octanol–water partition coefficient (Wildman–Crippen LogP) is 1.97. The molecule has 2 N–H and O–H groups in total. The fourth-order valence-electron chi connectivity index (χ4n) is 1.68. The van der Waals surface area contributed by atoms with E-state index in [1.807, 2.05) is 20.0 Å². The quantitative estimate of drug-likeness (QED) is 0.776. The van der Waals surface area contributed by atoms with E-state index in [0.29, 0.717) is 6.04 Å². The van der Waals surface area contributed by atoms with Gasteiger partial charge in [-0.1, -0.05) is 6.92 Å². The molecule has 0 aliphatic rings. The number of hydrogen-bond acceptors (Lipinski definition) is 5. The summed E-state index contributed by atoms with van der Waals surface area (Å²) in [7, 11) is 4.02. The standard InChI is InChI=1S/C13H25N5/c1-6-10(2)18(5)8-7-15-13-9-12(14-4)16-11(3)17-13/h9-10H,6-8H2,1-5H3,(H2,14,15,16,17). The lowest BCUT2D eigenvalue weighted by atomic mass is 10.2. The van der Waals surface area contributed by atoms with Gasteiger partial charge in [0.25, 0.3) is 0 Å². The highest BCUT2D eigenvalue weighted by Gasteiger charge is 2.06. The van der Waals surface area contributed by atoms with Gasteiger partial charge in [0.15, 0.2) is 0 Å². The molecule has 0 spiro atoms. The number of likely N-dealkylation sites (N-methyl/N-ethyl adjacent to an activating group) is 1. The zero-order chi connectivity index (χ0) is 13.5. The van der Waals surface area contributed by atoms with Crippen molar-refractivity contribution in [2.75, 3.05) is 37.8 Å². The summed E-state index contributed by atoms with van der Waals surface area (Å²) in [5.74, 6) is 2.50. The molecular weight excluding hydrogens is 226 g/mol. The molecule has 102 valence electrons. The molecule has 5 nitrogen and oxygen atoms in total. The van der Waals surface area contributed by atoms with E-state index in [9.17, 15) is 0 Å². The number of rotatable bonds is 7. The summed E-state index contributed by atoms with van der Waals surface area (Å²) in [4.78, 5) is 11.0. The summed E-state index contributed by atoms with van der Waals surface area (Å²) >= 11 is 0. The number of nitrogens with one attached hydrogen (secondary N) is 2. The Bertz CT molecular complexity index is 366. The van der Waals surface area contributed by atoms with Gasteiger partial charge in [0.05, 0.1) is 0 Å². The first-order valence-corrected chi connectivity index (χ1v) is 6.54. The van der Waals surface area contributed by atoms with E-state index in [2.05, 4.69) is 46.4 Å². The molecule has 5 heteroatoms. The summed E-state index contributed by atoms with van der Waals surface area (Å²) in [6, 6.07) is 2.54. The van der Waals surface area contributed by atoms with Crippen molar-refractivity contribution in [3.63, 3.8) is 0 Å². The van der Waals surface area contributed by atoms with Crippen LogP contribution in [0.5, 0.6) is 0 Å². The van der Waals surface area contributed by atoms with Crippen molar-refractivity contribution in [3.05, 3.63) is 11.9 Å². The minimum absolute atomic E-state index is 0.617. The Labute approximate surface area is 110 Å². The van der Waals surface area contributed by atoms with Crippen LogP contribution in [-0.2, 0) is 0 Å². The highest BCUT2D eigenvalue weighted by Crippen LogP contribution is 2.10. The molecule has 1 atom stereocenters. The van der Waals surface area contributed by atoms with Crippen molar-refractivity contribution in [2.45, 2.75) is 33.2 Å². The summed E-state index contributed by atoms with van der Waals surface area (Å²) < 4.78 is 0. The van der Waals surface area contributed by atoms with E-state index in [4.69, 9.17) is 0 Å². The third-order valence-corrected chi connectivity index (χ3v) is 3.21. The lowest BCUT2D eigenvalue weighted by Gasteiger charge is -2.23. The fourth-order valence-corrected chi connectivity index (χ4v) is 1.68. The van der Waals surface area contributed by atoms with Crippen molar-refractivity contribution in [1.29, 1.82) is 0 Å². The van der Waals surface area contributed by atoms with Crippen molar-refractivity contribution in [3.8, 4) is 0 Å². The number of aromatic nitrogens is 2. The molecule has 0 radical (unpaired) electrons. The molecule has 0 bridgehead atoms. The normalized spacial score (nSPS) is 12.6. The van der Waals surface area contributed by atoms with Crippen molar-refractivity contribution in [2.24, 2.45) is 0 Å². The van der Waals surface area contributed by atoms with Gasteiger partial charge in [0, 0.05) is 32.2 Å². The van der Waals surface area contributed by atoms with E-state index >= 15 is 0 Å². The van der Waals surface area contributed by atoms with Crippen LogP contribution in [0.4, 0.5) is 11.6 Å². The van der Waals surface area contributed by atoms with Gasteiger partial charge in [-0.2, -0.15) is 0 Å². The first-order chi connectivity index (χ1) is 8.56. The molecular formula is C13H25N5. The van der Waals surface area contributed by atoms with Gasteiger partial charge < -0.3 is 15.5 Å². The van der Waals surface area contributed by atoms with E-state index < -0.39 is 0 Å². The van der Waals surface area contributed by atoms with Crippen LogP contribution in [-0.4, -0.2) is 48.1 Å².